The molecule has 0 radical (unpaired) electrons. The largest absolute Gasteiger partial charge is 0.365 e. The van der Waals surface area contributed by atoms with Gasteiger partial charge < -0.3 is 4.90 Å². The van der Waals surface area contributed by atoms with E-state index < -0.39 is 11.6 Å². The summed E-state index contributed by atoms with van der Waals surface area (Å²) in [5.74, 6) is -0.00277. The number of benzene rings is 1. The lowest BCUT2D eigenvalue weighted by molar-refractivity contribution is 0.568. The monoisotopic (exact) mass is 277 g/mol. The Bertz CT molecular complexity index is 390. The van der Waals surface area contributed by atoms with Crippen LogP contribution >= 0.6 is 23.4 Å². The quantitative estimate of drug-likeness (QED) is 0.759. The summed E-state index contributed by atoms with van der Waals surface area (Å²) in [6, 6.07) is 2.63. The molecule has 1 aromatic carbocycles. The zero-order valence-corrected chi connectivity index (χ0v) is 11.1. The highest BCUT2D eigenvalue weighted by molar-refractivity contribution is 8.00. The zero-order chi connectivity index (χ0) is 12.4. The third-order valence-corrected chi connectivity index (χ3v) is 4.23. The number of halogens is 3. The van der Waals surface area contributed by atoms with Gasteiger partial charge in [0.05, 0.1) is 0 Å². The fraction of sp³-hybridized carbons (Fsp3) is 0.500. The van der Waals surface area contributed by atoms with Crippen molar-refractivity contribution in [1.82, 2.24) is 0 Å². The molecule has 0 amide bonds. The molecule has 1 heterocycles. The van der Waals surface area contributed by atoms with Gasteiger partial charge >= 0.3 is 0 Å². The van der Waals surface area contributed by atoms with Crippen molar-refractivity contribution < 1.29 is 8.78 Å². The topological polar surface area (TPSA) is 3.24 Å². The first-order valence-electron chi connectivity index (χ1n) is 5.52. The maximum absolute atomic E-state index is 13.9. The van der Waals surface area contributed by atoms with E-state index in [0.717, 1.165) is 5.75 Å². The Labute approximate surface area is 109 Å². The first kappa shape index (κ1) is 13.0. The Kier molecular flexibility index (Phi) is 4.15. The molecule has 1 aliphatic heterocycles. The summed E-state index contributed by atoms with van der Waals surface area (Å²) >= 11 is 7.41. The molecular weight excluding hydrogens is 264 g/mol. The van der Waals surface area contributed by atoms with Gasteiger partial charge in [-0.25, -0.2) is 8.78 Å². The van der Waals surface area contributed by atoms with Gasteiger partial charge in [0.25, 0.3) is 0 Å². The molecule has 1 atom stereocenters. The summed E-state index contributed by atoms with van der Waals surface area (Å²) in [6.07, 6.45) is 0. The number of nitrogens with zero attached hydrogens (tertiary/aromatic N) is 1. The molecule has 2 rings (SSSR count). The second-order valence-electron chi connectivity index (χ2n) is 4.17. The molecule has 0 aliphatic carbocycles. The summed E-state index contributed by atoms with van der Waals surface area (Å²) in [5.41, 5.74) is 0.566. The highest BCUT2D eigenvalue weighted by Crippen LogP contribution is 2.29. The molecular formula is C12H14ClF2NS. The van der Waals surface area contributed by atoms with Gasteiger partial charge in [-0.05, 0) is 17.7 Å². The summed E-state index contributed by atoms with van der Waals surface area (Å²) in [6.45, 7) is 3.43. The molecule has 0 N–H and O–H groups in total. The molecule has 0 aromatic heterocycles. The molecule has 1 aromatic rings. The smallest absolute Gasteiger partial charge is 0.149 e. The number of alkyl halides is 1. The average molecular weight is 278 g/mol. The molecule has 0 bridgehead atoms. The first-order valence-corrected chi connectivity index (χ1v) is 7.10. The average Bonchev–Trinajstić information content (AvgIpc) is 2.28. The molecule has 1 fully saturated rings. The van der Waals surface area contributed by atoms with Gasteiger partial charge in [-0.1, -0.05) is 6.92 Å². The zero-order valence-electron chi connectivity index (χ0n) is 9.55. The van der Waals surface area contributed by atoms with E-state index in [9.17, 15) is 8.78 Å². The van der Waals surface area contributed by atoms with Crippen molar-refractivity contribution >= 4 is 29.1 Å². The second kappa shape index (κ2) is 5.44. The maximum atomic E-state index is 13.9. The SMILES string of the molecule is CC1CN(c2c(F)cc(CCl)cc2F)CCS1. The number of rotatable bonds is 2. The fourth-order valence-electron chi connectivity index (χ4n) is 2.02. The van der Waals surface area contributed by atoms with Gasteiger partial charge in [-0.15, -0.1) is 11.6 Å². The molecule has 0 saturated carbocycles. The lowest BCUT2D eigenvalue weighted by Gasteiger charge is -2.32. The molecule has 1 aliphatic rings. The van der Waals surface area contributed by atoms with Crippen LogP contribution in [0.2, 0.25) is 0 Å². The van der Waals surface area contributed by atoms with E-state index in [1.54, 1.807) is 4.90 Å². The number of anilines is 1. The van der Waals surface area contributed by atoms with E-state index in [4.69, 9.17) is 11.6 Å². The summed E-state index contributed by atoms with van der Waals surface area (Å²) < 4.78 is 27.7. The lowest BCUT2D eigenvalue weighted by Crippen LogP contribution is -2.37. The third kappa shape index (κ3) is 2.86. The van der Waals surface area contributed by atoms with E-state index in [1.165, 1.54) is 12.1 Å². The van der Waals surface area contributed by atoms with Crippen LogP contribution in [0.15, 0.2) is 12.1 Å². The summed E-state index contributed by atoms with van der Waals surface area (Å²) in [7, 11) is 0. The Balaban J connectivity index is 2.31. The predicted molar refractivity (Wildman–Crippen MR) is 70.0 cm³/mol. The molecule has 1 nitrogen and oxygen atoms in total. The van der Waals surface area contributed by atoms with Crippen LogP contribution in [0.25, 0.3) is 0 Å². The van der Waals surface area contributed by atoms with Crippen molar-refractivity contribution in [2.24, 2.45) is 0 Å². The van der Waals surface area contributed by atoms with Crippen molar-refractivity contribution in [2.75, 3.05) is 23.7 Å². The van der Waals surface area contributed by atoms with Crippen molar-refractivity contribution in [2.45, 2.75) is 18.1 Å². The molecule has 5 heteroatoms. The fourth-order valence-corrected chi connectivity index (χ4v) is 3.19. The van der Waals surface area contributed by atoms with Gasteiger partial charge in [0.15, 0.2) is 0 Å². The number of hydrogen-bond donors (Lipinski definition) is 0. The van der Waals surface area contributed by atoms with Gasteiger partial charge in [0, 0.05) is 30.0 Å². The van der Waals surface area contributed by atoms with E-state index in [1.807, 2.05) is 11.8 Å². The van der Waals surface area contributed by atoms with Gasteiger partial charge in [0.1, 0.15) is 17.3 Å². The van der Waals surface area contributed by atoms with E-state index in [0.29, 0.717) is 23.9 Å². The second-order valence-corrected chi connectivity index (χ2v) is 5.98. The minimum atomic E-state index is -0.514. The van der Waals surface area contributed by atoms with Crippen LogP contribution in [0.1, 0.15) is 12.5 Å². The minimum absolute atomic E-state index is 0.0889. The van der Waals surface area contributed by atoms with Crippen LogP contribution in [0.5, 0.6) is 0 Å². The van der Waals surface area contributed by atoms with Crippen LogP contribution in [0, 0.1) is 11.6 Å². The van der Waals surface area contributed by atoms with Gasteiger partial charge in [-0.2, -0.15) is 11.8 Å². The van der Waals surface area contributed by atoms with Gasteiger partial charge in [0.2, 0.25) is 0 Å². The van der Waals surface area contributed by atoms with Crippen LogP contribution in [-0.4, -0.2) is 24.1 Å². The Morgan fingerprint density at radius 3 is 2.59 bits per heavy atom. The van der Waals surface area contributed by atoms with Crippen LogP contribution in [-0.2, 0) is 5.88 Å². The molecule has 94 valence electrons. The van der Waals surface area contributed by atoms with Crippen molar-refractivity contribution in [3.05, 3.63) is 29.3 Å². The van der Waals surface area contributed by atoms with E-state index >= 15 is 0 Å². The summed E-state index contributed by atoms with van der Waals surface area (Å²) in [5, 5.41) is 0.398. The van der Waals surface area contributed by atoms with Crippen molar-refractivity contribution in [3.8, 4) is 0 Å². The Morgan fingerprint density at radius 2 is 2.06 bits per heavy atom. The van der Waals surface area contributed by atoms with E-state index in [2.05, 4.69) is 6.92 Å². The van der Waals surface area contributed by atoms with E-state index in [-0.39, 0.29) is 11.6 Å². The highest BCUT2D eigenvalue weighted by Gasteiger charge is 2.23. The van der Waals surface area contributed by atoms with Crippen LogP contribution < -0.4 is 4.90 Å². The molecule has 0 spiro atoms. The third-order valence-electron chi connectivity index (χ3n) is 2.79. The Hall–Kier alpha value is -0.480. The van der Waals surface area contributed by atoms with Crippen molar-refractivity contribution in [3.63, 3.8) is 0 Å². The normalized spacial score (nSPS) is 20.7. The first-order chi connectivity index (χ1) is 8.11. The number of thioether (sulfide) groups is 1. The molecule has 17 heavy (non-hydrogen) atoms. The number of hydrogen-bond acceptors (Lipinski definition) is 2. The molecule has 1 saturated heterocycles. The highest BCUT2D eigenvalue weighted by atomic mass is 35.5. The summed E-state index contributed by atoms with van der Waals surface area (Å²) in [4.78, 5) is 1.78. The standard InChI is InChI=1S/C12H14ClF2NS/c1-8-7-16(2-3-17-8)12-10(14)4-9(6-13)5-11(12)15/h4-5,8H,2-3,6-7H2,1H3. The van der Waals surface area contributed by atoms with Crippen LogP contribution in [0.3, 0.4) is 0 Å². The van der Waals surface area contributed by atoms with Crippen LogP contribution in [0.4, 0.5) is 14.5 Å². The maximum Gasteiger partial charge on any atom is 0.149 e. The Morgan fingerprint density at radius 1 is 1.41 bits per heavy atom. The van der Waals surface area contributed by atoms with Gasteiger partial charge in [-0.3, -0.25) is 0 Å². The van der Waals surface area contributed by atoms with Crippen molar-refractivity contribution in [1.29, 1.82) is 0 Å². The predicted octanol–water partition coefficient (Wildman–Crippen LogP) is 3.65. The minimum Gasteiger partial charge on any atom is -0.365 e. The molecule has 1 unspecified atom stereocenters. The lowest BCUT2D eigenvalue weighted by atomic mass is 10.2.